The average Bonchev–Trinajstić information content (AvgIpc) is 2.61. The molecule has 1 saturated carbocycles. The van der Waals surface area contributed by atoms with E-state index >= 15 is 0 Å². The van der Waals surface area contributed by atoms with Crippen LogP contribution in [0.15, 0.2) is 0 Å². The van der Waals surface area contributed by atoms with Gasteiger partial charge in [0, 0.05) is 25.2 Å². The van der Waals surface area contributed by atoms with Crippen LogP contribution in [0.5, 0.6) is 0 Å². The number of hydrogen-bond donors (Lipinski definition) is 1. The van der Waals surface area contributed by atoms with Crippen molar-refractivity contribution in [3.05, 3.63) is 0 Å². The maximum atomic E-state index is 5.79. The molecule has 1 aliphatic carbocycles. The molecule has 3 nitrogen and oxygen atoms in total. The number of hydrogen-bond acceptors (Lipinski definition) is 3. The molecule has 1 saturated heterocycles. The van der Waals surface area contributed by atoms with Crippen LogP contribution in [0.3, 0.4) is 0 Å². The fraction of sp³-hybridized carbons (Fsp3) is 1.00. The highest BCUT2D eigenvalue weighted by Gasteiger charge is 2.29. The molecule has 2 rings (SSSR count). The fourth-order valence-electron chi connectivity index (χ4n) is 2.48. The Balaban J connectivity index is 1.60. The first-order valence-electron chi connectivity index (χ1n) is 5.94. The fourth-order valence-corrected chi connectivity index (χ4v) is 2.48. The Hall–Kier alpha value is -0.120. The third kappa shape index (κ3) is 2.47. The molecule has 0 amide bonds. The van der Waals surface area contributed by atoms with Gasteiger partial charge in [-0.2, -0.15) is 0 Å². The van der Waals surface area contributed by atoms with Gasteiger partial charge in [-0.05, 0) is 45.8 Å². The van der Waals surface area contributed by atoms with Crippen molar-refractivity contribution in [2.75, 3.05) is 33.2 Å². The molecular formula is C11H23N3. The second-order valence-corrected chi connectivity index (χ2v) is 4.91. The normalized spacial score (nSPS) is 33.6. The van der Waals surface area contributed by atoms with Gasteiger partial charge in [-0.15, -0.1) is 0 Å². The summed E-state index contributed by atoms with van der Waals surface area (Å²) < 4.78 is 0. The van der Waals surface area contributed by atoms with Crippen LogP contribution in [-0.4, -0.2) is 55.1 Å². The number of nitrogens with two attached hydrogens (primary N) is 1. The van der Waals surface area contributed by atoms with Gasteiger partial charge in [0.25, 0.3) is 0 Å². The molecule has 0 spiro atoms. The Bertz CT molecular complexity index is 171. The lowest BCUT2D eigenvalue weighted by molar-refractivity contribution is 0.126. The van der Waals surface area contributed by atoms with Gasteiger partial charge in [0.05, 0.1) is 0 Å². The summed E-state index contributed by atoms with van der Waals surface area (Å²) >= 11 is 0. The second kappa shape index (κ2) is 4.60. The van der Waals surface area contributed by atoms with Crippen LogP contribution in [0, 0.1) is 0 Å². The van der Waals surface area contributed by atoms with Gasteiger partial charge in [0.2, 0.25) is 0 Å². The van der Waals surface area contributed by atoms with Gasteiger partial charge >= 0.3 is 0 Å². The maximum absolute atomic E-state index is 5.79. The van der Waals surface area contributed by atoms with Crippen molar-refractivity contribution in [1.29, 1.82) is 0 Å². The predicted molar refractivity (Wildman–Crippen MR) is 59.3 cm³/mol. The zero-order valence-electron chi connectivity index (χ0n) is 9.28. The summed E-state index contributed by atoms with van der Waals surface area (Å²) in [5.41, 5.74) is 5.79. The molecule has 82 valence electrons. The van der Waals surface area contributed by atoms with Gasteiger partial charge in [-0.25, -0.2) is 0 Å². The summed E-state index contributed by atoms with van der Waals surface area (Å²) in [6.07, 6.45) is 5.21. The molecule has 0 aromatic carbocycles. The summed E-state index contributed by atoms with van der Waals surface area (Å²) in [5.74, 6) is 0. The summed E-state index contributed by atoms with van der Waals surface area (Å²) in [6.45, 7) is 5.11. The third-order valence-corrected chi connectivity index (χ3v) is 3.74. The lowest BCUT2D eigenvalue weighted by atomic mass is 9.86. The lowest BCUT2D eigenvalue weighted by Crippen LogP contribution is -2.50. The van der Waals surface area contributed by atoms with Crippen molar-refractivity contribution in [3.63, 3.8) is 0 Å². The minimum atomic E-state index is 0.481. The van der Waals surface area contributed by atoms with Crippen LogP contribution in [0.25, 0.3) is 0 Å². The first kappa shape index (κ1) is 10.4. The first-order chi connectivity index (χ1) is 6.75. The summed E-state index contributed by atoms with van der Waals surface area (Å²) in [5, 5.41) is 0. The number of nitrogens with zero attached hydrogens (tertiary/aromatic N) is 2. The lowest BCUT2D eigenvalue weighted by Gasteiger charge is -2.39. The molecule has 1 aliphatic heterocycles. The van der Waals surface area contributed by atoms with Gasteiger partial charge in [0.15, 0.2) is 0 Å². The average molecular weight is 197 g/mol. The van der Waals surface area contributed by atoms with Crippen molar-refractivity contribution in [2.24, 2.45) is 5.73 Å². The molecule has 1 heterocycles. The SMILES string of the molecule is CN(CCN1CCCC1)C1CC(N)C1. The molecule has 0 bridgehead atoms. The van der Waals surface area contributed by atoms with Crippen molar-refractivity contribution in [1.82, 2.24) is 9.80 Å². The van der Waals surface area contributed by atoms with E-state index in [0.29, 0.717) is 6.04 Å². The van der Waals surface area contributed by atoms with Gasteiger partial charge < -0.3 is 15.5 Å². The molecule has 14 heavy (non-hydrogen) atoms. The molecule has 2 fully saturated rings. The largest absolute Gasteiger partial charge is 0.328 e. The number of likely N-dealkylation sites (N-methyl/N-ethyl adjacent to an activating group) is 1. The molecular weight excluding hydrogens is 174 g/mol. The van der Waals surface area contributed by atoms with Crippen molar-refractivity contribution in [3.8, 4) is 0 Å². The van der Waals surface area contributed by atoms with E-state index in [1.807, 2.05) is 0 Å². The van der Waals surface area contributed by atoms with Crippen molar-refractivity contribution >= 4 is 0 Å². The van der Waals surface area contributed by atoms with Crippen LogP contribution >= 0.6 is 0 Å². The molecule has 0 aromatic rings. The van der Waals surface area contributed by atoms with Gasteiger partial charge in [-0.1, -0.05) is 0 Å². The van der Waals surface area contributed by atoms with Crippen LogP contribution < -0.4 is 5.73 Å². The van der Waals surface area contributed by atoms with E-state index < -0.39 is 0 Å². The van der Waals surface area contributed by atoms with E-state index in [1.165, 1.54) is 51.9 Å². The van der Waals surface area contributed by atoms with Crippen LogP contribution in [0.2, 0.25) is 0 Å². The molecule has 0 radical (unpaired) electrons. The highest BCUT2D eigenvalue weighted by Crippen LogP contribution is 2.22. The second-order valence-electron chi connectivity index (χ2n) is 4.91. The Labute approximate surface area is 87.2 Å². The molecule has 2 N–H and O–H groups in total. The highest BCUT2D eigenvalue weighted by atomic mass is 15.2. The molecule has 3 heteroatoms. The summed E-state index contributed by atoms with van der Waals surface area (Å²) in [6, 6.07) is 1.25. The quantitative estimate of drug-likeness (QED) is 0.712. The smallest absolute Gasteiger partial charge is 0.0122 e. The zero-order valence-corrected chi connectivity index (χ0v) is 9.28. The van der Waals surface area contributed by atoms with Crippen molar-refractivity contribution in [2.45, 2.75) is 37.8 Å². The summed E-state index contributed by atoms with van der Waals surface area (Å²) in [7, 11) is 2.24. The summed E-state index contributed by atoms with van der Waals surface area (Å²) in [4.78, 5) is 5.07. The van der Waals surface area contributed by atoms with Crippen LogP contribution in [0.1, 0.15) is 25.7 Å². The van der Waals surface area contributed by atoms with Crippen LogP contribution in [-0.2, 0) is 0 Å². The Kier molecular flexibility index (Phi) is 3.42. The monoisotopic (exact) mass is 197 g/mol. The molecule has 0 unspecified atom stereocenters. The third-order valence-electron chi connectivity index (χ3n) is 3.74. The number of likely N-dealkylation sites (tertiary alicyclic amines) is 1. The van der Waals surface area contributed by atoms with E-state index in [0.717, 1.165) is 6.04 Å². The first-order valence-corrected chi connectivity index (χ1v) is 5.94. The minimum Gasteiger partial charge on any atom is -0.328 e. The number of rotatable bonds is 4. The molecule has 2 aliphatic rings. The Morgan fingerprint density at radius 2 is 1.93 bits per heavy atom. The van der Waals surface area contributed by atoms with Crippen molar-refractivity contribution < 1.29 is 0 Å². The van der Waals surface area contributed by atoms with E-state index in [1.54, 1.807) is 0 Å². The Morgan fingerprint density at radius 1 is 1.29 bits per heavy atom. The Morgan fingerprint density at radius 3 is 2.50 bits per heavy atom. The predicted octanol–water partition coefficient (Wildman–Crippen LogP) is 0.504. The van der Waals surface area contributed by atoms with E-state index in [9.17, 15) is 0 Å². The van der Waals surface area contributed by atoms with E-state index in [-0.39, 0.29) is 0 Å². The molecule has 0 atom stereocenters. The standard InChI is InChI=1S/C11H23N3/c1-13(11-8-10(12)9-11)6-7-14-4-2-3-5-14/h10-11H,2-9,12H2,1H3. The van der Waals surface area contributed by atoms with Gasteiger partial charge in [-0.3, -0.25) is 0 Å². The topological polar surface area (TPSA) is 32.5 Å². The van der Waals surface area contributed by atoms with Crippen LogP contribution in [0.4, 0.5) is 0 Å². The minimum absolute atomic E-state index is 0.481. The van der Waals surface area contributed by atoms with E-state index in [4.69, 9.17) is 5.73 Å². The maximum Gasteiger partial charge on any atom is 0.0122 e. The highest BCUT2D eigenvalue weighted by molar-refractivity contribution is 4.88. The zero-order chi connectivity index (χ0) is 9.97. The van der Waals surface area contributed by atoms with Gasteiger partial charge in [0.1, 0.15) is 0 Å². The molecule has 0 aromatic heterocycles. The van der Waals surface area contributed by atoms with E-state index in [2.05, 4.69) is 16.8 Å².